The number of aliphatic hydroxyl groups excluding tert-OH is 1. The molecule has 0 fully saturated rings. The Morgan fingerprint density at radius 1 is 1.12 bits per heavy atom. The number of hydrogen-bond acceptors (Lipinski definition) is 1. The molecule has 0 aliphatic carbocycles. The lowest BCUT2D eigenvalue weighted by Gasteiger charge is -2.05. The standard InChI is InChI=1S/C16H28O/c1-14(2)8-5-9-15(3)10-6-11-16(4)12-7-13-17/h7,10,12-14,17H,5-6,8-9,11H2,1-4H3. The second-order valence-electron chi connectivity index (χ2n) is 5.23. The lowest BCUT2D eigenvalue weighted by atomic mass is 10.0. The lowest BCUT2D eigenvalue weighted by molar-refractivity contribution is 0.473. The van der Waals surface area contributed by atoms with Crippen LogP contribution in [0.15, 0.2) is 35.6 Å². The molecule has 0 spiro atoms. The van der Waals surface area contributed by atoms with Gasteiger partial charge in [-0.25, -0.2) is 0 Å². The summed E-state index contributed by atoms with van der Waals surface area (Å²) in [7, 11) is 0. The van der Waals surface area contributed by atoms with E-state index in [1.54, 1.807) is 6.08 Å². The first-order valence-corrected chi connectivity index (χ1v) is 6.68. The molecule has 98 valence electrons. The van der Waals surface area contributed by atoms with Crippen LogP contribution in [0, 0.1) is 5.92 Å². The van der Waals surface area contributed by atoms with Crippen molar-refractivity contribution in [2.24, 2.45) is 5.92 Å². The molecule has 1 nitrogen and oxygen atoms in total. The molecule has 0 saturated carbocycles. The third-order valence-electron chi connectivity index (χ3n) is 2.85. The van der Waals surface area contributed by atoms with Gasteiger partial charge in [0.1, 0.15) is 0 Å². The largest absolute Gasteiger partial charge is 0.516 e. The predicted molar refractivity (Wildman–Crippen MR) is 77.2 cm³/mol. The van der Waals surface area contributed by atoms with E-state index in [1.165, 1.54) is 30.4 Å². The minimum absolute atomic E-state index is 0.818. The minimum atomic E-state index is 0.818. The van der Waals surface area contributed by atoms with Crippen molar-refractivity contribution >= 4 is 0 Å². The molecule has 0 unspecified atom stereocenters. The van der Waals surface area contributed by atoms with Crippen molar-refractivity contribution in [3.8, 4) is 0 Å². The first-order valence-electron chi connectivity index (χ1n) is 6.68. The molecule has 17 heavy (non-hydrogen) atoms. The van der Waals surface area contributed by atoms with Crippen molar-refractivity contribution in [2.75, 3.05) is 0 Å². The van der Waals surface area contributed by atoms with E-state index in [0.717, 1.165) is 25.0 Å². The average molecular weight is 236 g/mol. The number of allylic oxidation sites excluding steroid dienone is 5. The van der Waals surface area contributed by atoms with Crippen LogP contribution >= 0.6 is 0 Å². The van der Waals surface area contributed by atoms with Crippen LogP contribution in [-0.4, -0.2) is 5.11 Å². The van der Waals surface area contributed by atoms with Gasteiger partial charge in [0.25, 0.3) is 0 Å². The Labute approximate surface area is 107 Å². The number of hydrogen-bond donors (Lipinski definition) is 1. The Hall–Kier alpha value is -0.980. The van der Waals surface area contributed by atoms with Crippen LogP contribution in [0.2, 0.25) is 0 Å². The smallest absolute Gasteiger partial charge is 0.0791 e. The molecule has 0 aliphatic rings. The molecule has 0 bridgehead atoms. The van der Waals surface area contributed by atoms with Crippen LogP contribution in [0.1, 0.15) is 59.8 Å². The van der Waals surface area contributed by atoms with Crippen molar-refractivity contribution in [1.82, 2.24) is 0 Å². The fraction of sp³-hybridized carbons (Fsp3) is 0.625. The summed E-state index contributed by atoms with van der Waals surface area (Å²) in [5, 5.41) is 8.53. The lowest BCUT2D eigenvalue weighted by Crippen LogP contribution is -1.87. The molecule has 0 aliphatic heterocycles. The zero-order valence-electron chi connectivity index (χ0n) is 11.9. The predicted octanol–water partition coefficient (Wildman–Crippen LogP) is 5.56. The summed E-state index contributed by atoms with van der Waals surface area (Å²) in [6.07, 6.45) is 13.1. The van der Waals surface area contributed by atoms with Gasteiger partial charge in [-0.3, -0.25) is 0 Å². The van der Waals surface area contributed by atoms with E-state index >= 15 is 0 Å². The highest BCUT2D eigenvalue weighted by Gasteiger charge is 1.95. The van der Waals surface area contributed by atoms with Crippen molar-refractivity contribution in [2.45, 2.75) is 59.8 Å². The summed E-state index contributed by atoms with van der Waals surface area (Å²) in [6, 6.07) is 0. The summed E-state index contributed by atoms with van der Waals surface area (Å²) in [4.78, 5) is 0. The highest BCUT2D eigenvalue weighted by Crippen LogP contribution is 2.13. The maximum atomic E-state index is 8.53. The van der Waals surface area contributed by atoms with E-state index in [2.05, 4.69) is 33.8 Å². The van der Waals surface area contributed by atoms with E-state index in [9.17, 15) is 0 Å². The highest BCUT2D eigenvalue weighted by molar-refractivity contribution is 5.10. The van der Waals surface area contributed by atoms with Crippen LogP contribution in [-0.2, 0) is 0 Å². The Morgan fingerprint density at radius 3 is 2.41 bits per heavy atom. The molecule has 0 radical (unpaired) electrons. The van der Waals surface area contributed by atoms with Gasteiger partial charge in [-0.2, -0.15) is 0 Å². The molecule has 0 rings (SSSR count). The minimum Gasteiger partial charge on any atom is -0.516 e. The second kappa shape index (κ2) is 10.2. The molecule has 0 amide bonds. The van der Waals surface area contributed by atoms with E-state index in [0.29, 0.717) is 0 Å². The summed E-state index contributed by atoms with van der Waals surface area (Å²) in [5.74, 6) is 0.818. The topological polar surface area (TPSA) is 20.2 Å². The molecule has 1 N–H and O–H groups in total. The molecular formula is C16H28O. The van der Waals surface area contributed by atoms with E-state index in [-0.39, 0.29) is 0 Å². The Morgan fingerprint density at radius 2 is 1.82 bits per heavy atom. The van der Waals surface area contributed by atoms with E-state index in [1.807, 2.05) is 6.08 Å². The van der Waals surface area contributed by atoms with Gasteiger partial charge in [0.2, 0.25) is 0 Å². The normalized spacial score (nSPS) is 13.9. The molecule has 0 heterocycles. The van der Waals surface area contributed by atoms with Gasteiger partial charge in [0.05, 0.1) is 6.26 Å². The molecular weight excluding hydrogens is 208 g/mol. The quantitative estimate of drug-likeness (QED) is 0.332. The molecule has 0 atom stereocenters. The maximum absolute atomic E-state index is 8.53. The number of aliphatic hydroxyl groups is 1. The molecule has 0 aromatic heterocycles. The van der Waals surface area contributed by atoms with Gasteiger partial charge in [-0.05, 0) is 51.5 Å². The summed E-state index contributed by atoms with van der Waals surface area (Å²) < 4.78 is 0. The monoisotopic (exact) mass is 236 g/mol. The van der Waals surface area contributed by atoms with Crippen molar-refractivity contribution in [3.63, 3.8) is 0 Å². The first-order chi connectivity index (χ1) is 8.06. The first kappa shape index (κ1) is 16.0. The van der Waals surface area contributed by atoms with Crippen molar-refractivity contribution in [3.05, 3.63) is 35.6 Å². The molecule has 0 aromatic rings. The van der Waals surface area contributed by atoms with Crippen molar-refractivity contribution < 1.29 is 5.11 Å². The third kappa shape index (κ3) is 11.3. The summed E-state index contributed by atoms with van der Waals surface area (Å²) in [6.45, 7) is 8.89. The fourth-order valence-electron chi connectivity index (χ4n) is 1.73. The Bertz CT molecular complexity index is 269. The van der Waals surface area contributed by atoms with Gasteiger partial charge in [-0.1, -0.05) is 43.6 Å². The summed E-state index contributed by atoms with van der Waals surface area (Å²) in [5.41, 5.74) is 2.82. The second-order valence-corrected chi connectivity index (χ2v) is 5.23. The molecule has 1 heteroatoms. The van der Waals surface area contributed by atoms with Gasteiger partial charge in [0, 0.05) is 0 Å². The Kier molecular flexibility index (Phi) is 9.60. The average Bonchev–Trinajstić information content (AvgIpc) is 2.25. The molecule has 0 aromatic carbocycles. The van der Waals surface area contributed by atoms with Crippen LogP contribution in [0.5, 0.6) is 0 Å². The third-order valence-corrected chi connectivity index (χ3v) is 2.85. The SMILES string of the molecule is CC(=CC=CO)CCC=C(C)CCCC(C)C. The number of rotatable bonds is 8. The zero-order valence-corrected chi connectivity index (χ0v) is 11.9. The van der Waals surface area contributed by atoms with E-state index in [4.69, 9.17) is 5.11 Å². The van der Waals surface area contributed by atoms with Gasteiger partial charge in [0.15, 0.2) is 0 Å². The van der Waals surface area contributed by atoms with Gasteiger partial charge >= 0.3 is 0 Å². The molecule has 0 saturated heterocycles. The highest BCUT2D eigenvalue weighted by atomic mass is 16.2. The van der Waals surface area contributed by atoms with Crippen molar-refractivity contribution in [1.29, 1.82) is 0 Å². The van der Waals surface area contributed by atoms with Crippen LogP contribution in [0.4, 0.5) is 0 Å². The van der Waals surface area contributed by atoms with Crippen LogP contribution in [0.25, 0.3) is 0 Å². The maximum Gasteiger partial charge on any atom is 0.0791 e. The van der Waals surface area contributed by atoms with Crippen LogP contribution < -0.4 is 0 Å². The van der Waals surface area contributed by atoms with Crippen LogP contribution in [0.3, 0.4) is 0 Å². The summed E-state index contributed by atoms with van der Waals surface area (Å²) >= 11 is 0. The fourth-order valence-corrected chi connectivity index (χ4v) is 1.73. The zero-order chi connectivity index (χ0) is 13.1. The van der Waals surface area contributed by atoms with Gasteiger partial charge < -0.3 is 5.11 Å². The Balaban J connectivity index is 3.76. The van der Waals surface area contributed by atoms with Gasteiger partial charge in [-0.15, -0.1) is 0 Å². The van der Waals surface area contributed by atoms with E-state index < -0.39 is 0 Å².